The molecule has 2 unspecified atom stereocenters. The average Bonchev–Trinajstić information content (AvgIpc) is 2.96. The number of aryl methyl sites for hydroxylation is 1. The molecule has 5 heteroatoms. The topological polar surface area (TPSA) is 67.2 Å². The van der Waals surface area contributed by atoms with E-state index in [1.165, 1.54) is 0 Å². The first kappa shape index (κ1) is 12.1. The Bertz CT molecular complexity index is 377. The molecule has 5 nitrogen and oxygen atoms in total. The summed E-state index contributed by atoms with van der Waals surface area (Å²) in [5, 5.41) is 12.4. The monoisotopic (exact) mass is 237 g/mol. The zero-order valence-electron chi connectivity index (χ0n) is 10.1. The molecule has 0 radical (unpaired) electrons. The fraction of sp³-hybridized carbons (Fsp3) is 0.667. The van der Waals surface area contributed by atoms with Gasteiger partial charge in [0.1, 0.15) is 5.54 Å². The summed E-state index contributed by atoms with van der Waals surface area (Å²) in [6.07, 6.45) is 9.02. The Balaban J connectivity index is 2.01. The molecule has 2 rings (SSSR count). The number of likely N-dealkylation sites (N-methyl/N-ethyl adjacent to an activating group) is 1. The summed E-state index contributed by atoms with van der Waals surface area (Å²) >= 11 is 0. The molecule has 0 spiro atoms. The predicted molar refractivity (Wildman–Crippen MR) is 63.6 cm³/mol. The van der Waals surface area contributed by atoms with Gasteiger partial charge in [0.05, 0.1) is 6.33 Å². The average molecular weight is 237 g/mol. The number of hydrogen-bond acceptors (Lipinski definition) is 3. The Labute approximate surface area is 101 Å². The first-order chi connectivity index (χ1) is 8.19. The number of carboxylic acid groups (broad SMARTS) is 1. The molecule has 1 aliphatic rings. The molecule has 17 heavy (non-hydrogen) atoms. The number of nitrogens with one attached hydrogen (secondary N) is 1. The lowest BCUT2D eigenvalue weighted by Crippen LogP contribution is -2.53. The molecule has 0 saturated heterocycles. The minimum atomic E-state index is -0.722. The minimum absolute atomic E-state index is 0.201. The highest BCUT2D eigenvalue weighted by atomic mass is 16.4. The number of aliphatic carboxylic acids is 1. The van der Waals surface area contributed by atoms with E-state index in [4.69, 9.17) is 0 Å². The van der Waals surface area contributed by atoms with Crippen LogP contribution in [0.4, 0.5) is 0 Å². The van der Waals surface area contributed by atoms with Crippen LogP contribution in [0.5, 0.6) is 0 Å². The third kappa shape index (κ3) is 2.20. The zero-order valence-corrected chi connectivity index (χ0v) is 10.1. The SMILES string of the molecule is CNC1(C(=O)O)CCCC1CCn1ccnc1. The van der Waals surface area contributed by atoms with Crippen LogP contribution in [0.3, 0.4) is 0 Å². The van der Waals surface area contributed by atoms with E-state index >= 15 is 0 Å². The van der Waals surface area contributed by atoms with Crippen LogP contribution >= 0.6 is 0 Å². The van der Waals surface area contributed by atoms with Gasteiger partial charge in [-0.1, -0.05) is 6.42 Å². The molecule has 1 aromatic heterocycles. The Hall–Kier alpha value is -1.36. The maximum atomic E-state index is 11.4. The third-order valence-corrected chi connectivity index (χ3v) is 3.94. The summed E-state index contributed by atoms with van der Waals surface area (Å²) in [5.74, 6) is -0.513. The van der Waals surface area contributed by atoms with Crippen molar-refractivity contribution >= 4 is 5.97 Å². The van der Waals surface area contributed by atoms with Crippen LogP contribution in [0.25, 0.3) is 0 Å². The second-order valence-electron chi connectivity index (χ2n) is 4.70. The summed E-state index contributed by atoms with van der Waals surface area (Å²) in [6.45, 7) is 0.835. The van der Waals surface area contributed by atoms with Gasteiger partial charge in [-0.3, -0.25) is 4.79 Å². The zero-order chi connectivity index (χ0) is 12.3. The summed E-state index contributed by atoms with van der Waals surface area (Å²) < 4.78 is 2.00. The first-order valence-electron chi connectivity index (χ1n) is 6.07. The maximum Gasteiger partial charge on any atom is 0.324 e. The lowest BCUT2D eigenvalue weighted by Gasteiger charge is -2.31. The summed E-state index contributed by atoms with van der Waals surface area (Å²) in [4.78, 5) is 15.4. The smallest absolute Gasteiger partial charge is 0.324 e. The van der Waals surface area contributed by atoms with Crippen LogP contribution in [-0.2, 0) is 11.3 Å². The van der Waals surface area contributed by atoms with Crippen LogP contribution < -0.4 is 5.32 Å². The van der Waals surface area contributed by atoms with E-state index in [1.807, 2.05) is 10.8 Å². The lowest BCUT2D eigenvalue weighted by molar-refractivity contribution is -0.146. The highest BCUT2D eigenvalue weighted by molar-refractivity contribution is 5.79. The second kappa shape index (κ2) is 4.87. The van der Waals surface area contributed by atoms with Crippen LogP contribution in [0.15, 0.2) is 18.7 Å². The molecule has 1 aliphatic carbocycles. The maximum absolute atomic E-state index is 11.4. The van der Waals surface area contributed by atoms with Crippen LogP contribution in [0, 0.1) is 5.92 Å². The van der Waals surface area contributed by atoms with Crippen molar-refractivity contribution in [3.63, 3.8) is 0 Å². The molecule has 0 bridgehead atoms. The Morgan fingerprint density at radius 1 is 1.71 bits per heavy atom. The van der Waals surface area contributed by atoms with Gasteiger partial charge in [0.15, 0.2) is 0 Å². The number of carboxylic acids is 1. The van der Waals surface area contributed by atoms with Gasteiger partial charge >= 0.3 is 5.97 Å². The Morgan fingerprint density at radius 3 is 3.12 bits per heavy atom. The predicted octanol–water partition coefficient (Wildman–Crippen LogP) is 1.12. The van der Waals surface area contributed by atoms with Crippen molar-refractivity contribution in [2.45, 2.75) is 37.8 Å². The standard InChI is InChI=1S/C12H19N3O2/c1-13-12(11(16)17)5-2-3-10(12)4-7-15-8-6-14-9-15/h6,8-10,13H,2-5,7H2,1H3,(H,16,17). The largest absolute Gasteiger partial charge is 0.480 e. The second-order valence-corrected chi connectivity index (χ2v) is 4.70. The number of carbonyl (C=O) groups is 1. The molecular formula is C12H19N3O2. The molecule has 0 amide bonds. The Kier molecular flexibility index (Phi) is 3.47. The van der Waals surface area contributed by atoms with Gasteiger partial charge in [0, 0.05) is 18.9 Å². The van der Waals surface area contributed by atoms with Crippen molar-refractivity contribution in [2.75, 3.05) is 7.05 Å². The molecular weight excluding hydrogens is 218 g/mol. The molecule has 1 aromatic rings. The van der Waals surface area contributed by atoms with Gasteiger partial charge in [-0.05, 0) is 32.2 Å². The van der Waals surface area contributed by atoms with Crippen molar-refractivity contribution in [3.05, 3.63) is 18.7 Å². The molecule has 1 fully saturated rings. The van der Waals surface area contributed by atoms with Crippen molar-refractivity contribution in [1.82, 2.24) is 14.9 Å². The number of nitrogens with zero attached hydrogens (tertiary/aromatic N) is 2. The van der Waals surface area contributed by atoms with Crippen LogP contribution in [0.1, 0.15) is 25.7 Å². The summed E-state index contributed by atoms with van der Waals surface area (Å²) in [5.41, 5.74) is -0.722. The van der Waals surface area contributed by atoms with E-state index in [-0.39, 0.29) is 5.92 Å². The van der Waals surface area contributed by atoms with Crippen molar-refractivity contribution in [3.8, 4) is 0 Å². The molecule has 0 aliphatic heterocycles. The van der Waals surface area contributed by atoms with Crippen molar-refractivity contribution < 1.29 is 9.90 Å². The third-order valence-electron chi connectivity index (χ3n) is 3.94. The van der Waals surface area contributed by atoms with Gasteiger partial charge in [-0.2, -0.15) is 0 Å². The molecule has 0 aromatic carbocycles. The van der Waals surface area contributed by atoms with E-state index in [1.54, 1.807) is 19.6 Å². The minimum Gasteiger partial charge on any atom is -0.480 e. The number of hydrogen-bond donors (Lipinski definition) is 2. The first-order valence-corrected chi connectivity index (χ1v) is 6.07. The number of rotatable bonds is 5. The molecule has 1 saturated carbocycles. The molecule has 2 N–H and O–H groups in total. The van der Waals surface area contributed by atoms with E-state index < -0.39 is 11.5 Å². The molecule has 94 valence electrons. The van der Waals surface area contributed by atoms with Gasteiger partial charge in [-0.25, -0.2) is 4.98 Å². The van der Waals surface area contributed by atoms with Crippen molar-refractivity contribution in [2.24, 2.45) is 5.92 Å². The normalized spacial score (nSPS) is 28.4. The van der Waals surface area contributed by atoms with E-state index in [0.717, 1.165) is 32.2 Å². The van der Waals surface area contributed by atoms with E-state index in [2.05, 4.69) is 10.3 Å². The summed E-state index contributed by atoms with van der Waals surface area (Å²) in [7, 11) is 1.75. The highest BCUT2D eigenvalue weighted by Crippen LogP contribution is 2.38. The van der Waals surface area contributed by atoms with Gasteiger partial charge in [0.25, 0.3) is 0 Å². The molecule has 1 heterocycles. The molecule has 2 atom stereocenters. The fourth-order valence-corrected chi connectivity index (χ4v) is 2.91. The number of imidazole rings is 1. The van der Waals surface area contributed by atoms with Crippen LogP contribution in [-0.4, -0.2) is 33.2 Å². The van der Waals surface area contributed by atoms with Gasteiger partial charge < -0.3 is 15.0 Å². The quantitative estimate of drug-likeness (QED) is 0.805. The fourth-order valence-electron chi connectivity index (χ4n) is 2.91. The summed E-state index contributed by atoms with van der Waals surface area (Å²) in [6, 6.07) is 0. The van der Waals surface area contributed by atoms with E-state index in [9.17, 15) is 9.90 Å². The lowest BCUT2D eigenvalue weighted by atomic mass is 9.85. The highest BCUT2D eigenvalue weighted by Gasteiger charge is 2.47. The van der Waals surface area contributed by atoms with Crippen molar-refractivity contribution in [1.29, 1.82) is 0 Å². The van der Waals surface area contributed by atoms with E-state index in [0.29, 0.717) is 0 Å². The van der Waals surface area contributed by atoms with Gasteiger partial charge in [-0.15, -0.1) is 0 Å². The number of aromatic nitrogens is 2. The van der Waals surface area contributed by atoms with Gasteiger partial charge in [0.2, 0.25) is 0 Å². The van der Waals surface area contributed by atoms with Crippen LogP contribution in [0.2, 0.25) is 0 Å². The Morgan fingerprint density at radius 2 is 2.53 bits per heavy atom.